The Kier molecular flexibility index (Phi) is 4.12. The third-order valence-electron chi connectivity index (χ3n) is 3.64. The van der Waals surface area contributed by atoms with Gasteiger partial charge < -0.3 is 15.7 Å². The second-order valence-electron chi connectivity index (χ2n) is 4.86. The van der Waals surface area contributed by atoms with E-state index in [0.29, 0.717) is 15.8 Å². The van der Waals surface area contributed by atoms with Crippen molar-refractivity contribution in [2.45, 2.75) is 37.8 Å². The maximum atomic E-state index is 13.6. The van der Waals surface area contributed by atoms with Crippen molar-refractivity contribution in [3.8, 4) is 0 Å². The monoisotopic (exact) mass is 316 g/mol. The number of benzene rings is 1. The van der Waals surface area contributed by atoms with Crippen molar-refractivity contribution in [3.63, 3.8) is 0 Å². The summed E-state index contributed by atoms with van der Waals surface area (Å²) in [6.07, 6.45) is 3.48. The Morgan fingerprint density at radius 3 is 2.72 bits per heavy atom. The Hall–Kier alpha value is -0.810. The van der Waals surface area contributed by atoms with Gasteiger partial charge in [-0.1, -0.05) is 12.8 Å². The summed E-state index contributed by atoms with van der Waals surface area (Å²) in [4.78, 5) is 1.90. The minimum absolute atomic E-state index is 0.0154. The van der Waals surface area contributed by atoms with Gasteiger partial charge in [-0.15, -0.1) is 0 Å². The lowest BCUT2D eigenvalue weighted by molar-refractivity contribution is 0.106. The van der Waals surface area contributed by atoms with E-state index in [2.05, 4.69) is 15.9 Å². The standard InChI is InChI=1S/C13H18BrFN2O/c1-17(11-4-2-3-5-13(11)18)12-7-9(15)8(14)6-10(12)16/h6-7,11,13,18H,2-5,16H2,1H3. The summed E-state index contributed by atoms with van der Waals surface area (Å²) in [5.41, 5.74) is 7.08. The molecule has 5 heteroatoms. The number of nitrogens with zero attached hydrogens (tertiary/aromatic N) is 1. The minimum atomic E-state index is -0.366. The van der Waals surface area contributed by atoms with Crippen molar-refractivity contribution in [2.75, 3.05) is 17.7 Å². The zero-order valence-corrected chi connectivity index (χ0v) is 12.0. The van der Waals surface area contributed by atoms with Gasteiger partial charge in [-0.05, 0) is 34.8 Å². The minimum Gasteiger partial charge on any atom is -0.397 e. The third-order valence-corrected chi connectivity index (χ3v) is 4.25. The van der Waals surface area contributed by atoms with Gasteiger partial charge in [0, 0.05) is 13.1 Å². The fraction of sp³-hybridized carbons (Fsp3) is 0.538. The molecule has 2 atom stereocenters. The molecule has 0 saturated heterocycles. The van der Waals surface area contributed by atoms with Crippen LogP contribution in [0.2, 0.25) is 0 Å². The molecule has 0 spiro atoms. The molecule has 0 amide bonds. The van der Waals surface area contributed by atoms with Gasteiger partial charge in [-0.3, -0.25) is 0 Å². The van der Waals surface area contributed by atoms with Crippen LogP contribution in [0.1, 0.15) is 25.7 Å². The van der Waals surface area contributed by atoms with E-state index in [1.165, 1.54) is 6.07 Å². The van der Waals surface area contributed by atoms with Crippen LogP contribution in [0.25, 0.3) is 0 Å². The number of aliphatic hydroxyl groups is 1. The van der Waals surface area contributed by atoms with Crippen LogP contribution >= 0.6 is 15.9 Å². The first kappa shape index (κ1) is 13.6. The van der Waals surface area contributed by atoms with E-state index < -0.39 is 0 Å². The van der Waals surface area contributed by atoms with Crippen LogP contribution in [-0.2, 0) is 0 Å². The summed E-state index contributed by atoms with van der Waals surface area (Å²) in [5, 5.41) is 10.0. The normalized spacial score (nSPS) is 24.0. The van der Waals surface area contributed by atoms with Gasteiger partial charge in [0.05, 0.1) is 28.0 Å². The van der Waals surface area contributed by atoms with E-state index in [1.807, 2.05) is 11.9 Å². The molecule has 0 radical (unpaired) electrons. The third kappa shape index (κ3) is 2.62. The van der Waals surface area contributed by atoms with E-state index in [0.717, 1.165) is 25.7 Å². The summed E-state index contributed by atoms with van der Waals surface area (Å²) in [7, 11) is 1.86. The molecule has 0 aliphatic heterocycles. The molecule has 1 aliphatic rings. The number of nitrogens with two attached hydrogens (primary N) is 1. The molecule has 1 saturated carbocycles. The average Bonchev–Trinajstić information content (AvgIpc) is 2.33. The Bertz CT molecular complexity index is 441. The largest absolute Gasteiger partial charge is 0.397 e. The Balaban J connectivity index is 2.27. The zero-order chi connectivity index (χ0) is 13.3. The van der Waals surface area contributed by atoms with E-state index >= 15 is 0 Å². The predicted octanol–water partition coefficient (Wildman–Crippen LogP) is 2.91. The number of likely N-dealkylation sites (N-methyl/N-ethyl adjacent to an activating group) is 1. The number of hydrogen-bond acceptors (Lipinski definition) is 3. The van der Waals surface area contributed by atoms with Gasteiger partial charge >= 0.3 is 0 Å². The summed E-state index contributed by atoms with van der Waals surface area (Å²) < 4.78 is 14.0. The Labute approximate surface area is 115 Å². The lowest BCUT2D eigenvalue weighted by Gasteiger charge is -2.37. The highest BCUT2D eigenvalue weighted by molar-refractivity contribution is 9.10. The molecule has 0 aromatic heterocycles. The molecule has 2 rings (SSSR count). The first-order chi connectivity index (χ1) is 8.50. The van der Waals surface area contributed by atoms with Crippen LogP contribution in [0, 0.1) is 5.82 Å². The molecule has 100 valence electrons. The molecule has 18 heavy (non-hydrogen) atoms. The molecule has 1 aromatic carbocycles. The lowest BCUT2D eigenvalue weighted by atomic mass is 9.91. The van der Waals surface area contributed by atoms with Crippen molar-refractivity contribution in [2.24, 2.45) is 0 Å². The smallest absolute Gasteiger partial charge is 0.139 e. The second-order valence-corrected chi connectivity index (χ2v) is 5.71. The Morgan fingerprint density at radius 1 is 1.39 bits per heavy atom. The van der Waals surface area contributed by atoms with Crippen molar-refractivity contribution < 1.29 is 9.50 Å². The van der Waals surface area contributed by atoms with Gasteiger partial charge in [0.2, 0.25) is 0 Å². The molecule has 3 nitrogen and oxygen atoms in total. The van der Waals surface area contributed by atoms with Gasteiger partial charge in [-0.2, -0.15) is 0 Å². The lowest BCUT2D eigenvalue weighted by Crippen LogP contribution is -2.43. The molecule has 3 N–H and O–H groups in total. The van der Waals surface area contributed by atoms with Gasteiger partial charge in [0.1, 0.15) is 5.82 Å². The maximum Gasteiger partial charge on any atom is 0.139 e. The summed E-state index contributed by atoms with van der Waals surface area (Å²) in [6.45, 7) is 0. The van der Waals surface area contributed by atoms with Gasteiger partial charge in [0.25, 0.3) is 0 Å². The van der Waals surface area contributed by atoms with Gasteiger partial charge in [0.15, 0.2) is 0 Å². The summed E-state index contributed by atoms with van der Waals surface area (Å²) >= 11 is 3.11. The van der Waals surface area contributed by atoms with Crippen molar-refractivity contribution in [3.05, 3.63) is 22.4 Å². The zero-order valence-electron chi connectivity index (χ0n) is 10.4. The molecular weight excluding hydrogens is 299 g/mol. The van der Waals surface area contributed by atoms with Gasteiger partial charge in [-0.25, -0.2) is 4.39 Å². The summed E-state index contributed by atoms with van der Waals surface area (Å²) in [5.74, 6) is -0.337. The highest BCUT2D eigenvalue weighted by Gasteiger charge is 2.28. The predicted molar refractivity (Wildman–Crippen MR) is 75.2 cm³/mol. The first-order valence-corrected chi connectivity index (χ1v) is 6.95. The molecule has 0 heterocycles. The summed E-state index contributed by atoms with van der Waals surface area (Å²) in [6, 6.07) is 3.00. The number of anilines is 2. The van der Waals surface area contributed by atoms with Crippen LogP contribution in [0.3, 0.4) is 0 Å². The van der Waals surface area contributed by atoms with E-state index in [1.54, 1.807) is 6.07 Å². The fourth-order valence-electron chi connectivity index (χ4n) is 2.58. The van der Waals surface area contributed by atoms with Crippen LogP contribution in [-0.4, -0.2) is 24.3 Å². The molecule has 0 bridgehead atoms. The number of aliphatic hydroxyl groups excluding tert-OH is 1. The molecular formula is C13H18BrFN2O. The van der Waals surface area contributed by atoms with E-state index in [-0.39, 0.29) is 18.0 Å². The van der Waals surface area contributed by atoms with Crippen LogP contribution in [0.15, 0.2) is 16.6 Å². The van der Waals surface area contributed by atoms with Crippen molar-refractivity contribution in [1.82, 2.24) is 0 Å². The van der Waals surface area contributed by atoms with E-state index in [9.17, 15) is 9.50 Å². The van der Waals surface area contributed by atoms with E-state index in [4.69, 9.17) is 5.73 Å². The molecule has 1 fully saturated rings. The number of hydrogen-bond donors (Lipinski definition) is 2. The molecule has 1 aromatic rings. The SMILES string of the molecule is CN(c1cc(F)c(Br)cc1N)C1CCCCC1O. The van der Waals surface area contributed by atoms with Crippen molar-refractivity contribution in [1.29, 1.82) is 0 Å². The average molecular weight is 317 g/mol. The second kappa shape index (κ2) is 5.45. The number of nitrogen functional groups attached to an aromatic ring is 1. The quantitative estimate of drug-likeness (QED) is 0.825. The number of rotatable bonds is 2. The van der Waals surface area contributed by atoms with Crippen LogP contribution < -0.4 is 10.6 Å². The van der Waals surface area contributed by atoms with Crippen molar-refractivity contribution >= 4 is 27.3 Å². The number of halogens is 2. The maximum absolute atomic E-state index is 13.6. The Morgan fingerprint density at radius 2 is 2.06 bits per heavy atom. The van der Waals surface area contributed by atoms with Crippen LogP contribution in [0.4, 0.5) is 15.8 Å². The fourth-order valence-corrected chi connectivity index (χ4v) is 2.94. The molecule has 1 aliphatic carbocycles. The van der Waals surface area contributed by atoms with Crippen LogP contribution in [0.5, 0.6) is 0 Å². The first-order valence-electron chi connectivity index (χ1n) is 6.16. The molecule has 2 unspecified atom stereocenters. The topological polar surface area (TPSA) is 49.5 Å². The highest BCUT2D eigenvalue weighted by atomic mass is 79.9. The highest BCUT2D eigenvalue weighted by Crippen LogP contribution is 2.33.